The Kier molecular flexibility index (Phi) is 6.07. The third-order valence-corrected chi connectivity index (χ3v) is 4.57. The zero-order valence-electron chi connectivity index (χ0n) is 13.7. The number of aryl methyl sites for hydroxylation is 1. The summed E-state index contributed by atoms with van der Waals surface area (Å²) in [6, 6.07) is 8.81. The van der Waals surface area contributed by atoms with Crippen LogP contribution in [0.15, 0.2) is 24.3 Å². The fraction of sp³-hybridized carbons (Fsp3) is 0.667. The van der Waals surface area contributed by atoms with Crippen molar-refractivity contribution in [3.8, 4) is 5.75 Å². The highest BCUT2D eigenvalue weighted by molar-refractivity contribution is 5.27. The third-order valence-electron chi connectivity index (χ3n) is 4.57. The van der Waals surface area contributed by atoms with Gasteiger partial charge < -0.3 is 14.8 Å². The molecular weight excluding hydrogens is 262 g/mol. The molecule has 118 valence electrons. The molecule has 1 aromatic rings. The first-order chi connectivity index (χ1) is 10.2. The molecule has 0 bridgehead atoms. The van der Waals surface area contributed by atoms with Gasteiger partial charge in [-0.05, 0) is 63.3 Å². The Morgan fingerprint density at radius 1 is 1.29 bits per heavy atom. The van der Waals surface area contributed by atoms with Crippen LogP contribution in [0.25, 0.3) is 0 Å². The van der Waals surface area contributed by atoms with Gasteiger partial charge in [0.2, 0.25) is 0 Å². The van der Waals surface area contributed by atoms with Crippen LogP contribution >= 0.6 is 0 Å². The van der Waals surface area contributed by atoms with Gasteiger partial charge in [-0.3, -0.25) is 0 Å². The number of hydrogen-bond donors (Lipinski definition) is 1. The summed E-state index contributed by atoms with van der Waals surface area (Å²) >= 11 is 0. The van der Waals surface area contributed by atoms with Gasteiger partial charge in [-0.1, -0.05) is 19.1 Å². The molecule has 0 aromatic heterocycles. The average Bonchev–Trinajstić information content (AvgIpc) is 2.52. The van der Waals surface area contributed by atoms with Crippen molar-refractivity contribution in [1.29, 1.82) is 0 Å². The van der Waals surface area contributed by atoms with Crippen LogP contribution in [0.2, 0.25) is 0 Å². The minimum atomic E-state index is -0.0132. The Hall–Kier alpha value is -1.06. The zero-order chi connectivity index (χ0) is 15.1. The Morgan fingerprint density at radius 3 is 2.62 bits per heavy atom. The van der Waals surface area contributed by atoms with Gasteiger partial charge in [0.05, 0.1) is 12.7 Å². The van der Waals surface area contributed by atoms with Gasteiger partial charge in [-0.2, -0.15) is 0 Å². The molecule has 3 nitrogen and oxygen atoms in total. The van der Waals surface area contributed by atoms with Gasteiger partial charge in [0.1, 0.15) is 5.75 Å². The second-order valence-corrected chi connectivity index (χ2v) is 6.12. The number of hydrogen-bond acceptors (Lipinski definition) is 3. The number of rotatable bonds is 7. The Labute approximate surface area is 129 Å². The SMILES string of the molecule is CCNC(CCc1ccc(OC)cc1)C1(C)CCCCO1. The van der Waals surface area contributed by atoms with Crippen LogP contribution in [0.5, 0.6) is 5.75 Å². The lowest BCUT2D eigenvalue weighted by Gasteiger charge is -2.41. The van der Waals surface area contributed by atoms with Crippen molar-refractivity contribution in [2.24, 2.45) is 0 Å². The molecular formula is C18H29NO2. The second kappa shape index (κ2) is 7.81. The fourth-order valence-corrected chi connectivity index (χ4v) is 3.20. The molecule has 1 N–H and O–H groups in total. The molecule has 0 radical (unpaired) electrons. The molecule has 2 rings (SSSR count). The van der Waals surface area contributed by atoms with Crippen molar-refractivity contribution >= 4 is 0 Å². The van der Waals surface area contributed by atoms with E-state index in [1.807, 2.05) is 12.1 Å². The minimum Gasteiger partial charge on any atom is -0.497 e. The molecule has 1 fully saturated rings. The topological polar surface area (TPSA) is 30.5 Å². The molecule has 3 heteroatoms. The molecule has 21 heavy (non-hydrogen) atoms. The second-order valence-electron chi connectivity index (χ2n) is 6.12. The Morgan fingerprint density at radius 2 is 2.05 bits per heavy atom. The van der Waals surface area contributed by atoms with E-state index in [2.05, 4.69) is 31.3 Å². The molecule has 0 saturated carbocycles. The van der Waals surface area contributed by atoms with Crippen molar-refractivity contribution in [2.75, 3.05) is 20.3 Å². The van der Waals surface area contributed by atoms with E-state index in [0.29, 0.717) is 6.04 Å². The number of methoxy groups -OCH3 is 1. The van der Waals surface area contributed by atoms with Crippen molar-refractivity contribution in [3.63, 3.8) is 0 Å². The van der Waals surface area contributed by atoms with Gasteiger partial charge in [-0.15, -0.1) is 0 Å². The predicted molar refractivity (Wildman–Crippen MR) is 87.0 cm³/mol. The van der Waals surface area contributed by atoms with Gasteiger partial charge in [0.25, 0.3) is 0 Å². The van der Waals surface area contributed by atoms with Gasteiger partial charge >= 0.3 is 0 Å². The Bertz CT molecular complexity index is 410. The van der Waals surface area contributed by atoms with Crippen LogP contribution in [-0.2, 0) is 11.2 Å². The first-order valence-corrected chi connectivity index (χ1v) is 8.18. The quantitative estimate of drug-likeness (QED) is 0.833. The van der Waals surface area contributed by atoms with E-state index in [9.17, 15) is 0 Å². The lowest BCUT2D eigenvalue weighted by atomic mass is 9.85. The normalized spacial score (nSPS) is 23.8. The lowest BCUT2D eigenvalue weighted by Crippen LogP contribution is -2.52. The van der Waals surface area contributed by atoms with Crippen LogP contribution in [0.4, 0.5) is 0 Å². The van der Waals surface area contributed by atoms with Crippen LogP contribution in [-0.4, -0.2) is 31.9 Å². The van der Waals surface area contributed by atoms with Gasteiger partial charge in [0.15, 0.2) is 0 Å². The minimum absolute atomic E-state index is 0.0132. The molecule has 1 aromatic carbocycles. The average molecular weight is 291 g/mol. The molecule has 2 atom stereocenters. The number of benzene rings is 1. The molecule has 1 aliphatic heterocycles. The van der Waals surface area contributed by atoms with Crippen LogP contribution in [0.3, 0.4) is 0 Å². The summed E-state index contributed by atoms with van der Waals surface area (Å²) in [4.78, 5) is 0. The molecule has 0 amide bonds. The summed E-state index contributed by atoms with van der Waals surface area (Å²) in [5.74, 6) is 0.921. The molecule has 1 heterocycles. The molecule has 0 spiro atoms. The van der Waals surface area contributed by atoms with Crippen LogP contribution < -0.4 is 10.1 Å². The number of likely N-dealkylation sites (N-methyl/N-ethyl adjacent to an activating group) is 1. The lowest BCUT2D eigenvalue weighted by molar-refractivity contribution is -0.0896. The standard InChI is InChI=1S/C18H29NO2/c1-4-19-17(18(2)13-5-6-14-21-18)12-9-15-7-10-16(20-3)11-8-15/h7-8,10-11,17,19H,4-6,9,12-14H2,1-3H3. The maximum Gasteiger partial charge on any atom is 0.118 e. The molecule has 0 aliphatic carbocycles. The predicted octanol–water partition coefficient (Wildman–Crippen LogP) is 3.57. The zero-order valence-corrected chi connectivity index (χ0v) is 13.7. The van der Waals surface area contributed by atoms with Gasteiger partial charge in [-0.25, -0.2) is 0 Å². The summed E-state index contributed by atoms with van der Waals surface area (Å²) in [6.45, 7) is 6.34. The highest BCUT2D eigenvalue weighted by Crippen LogP contribution is 2.30. The van der Waals surface area contributed by atoms with Crippen molar-refractivity contribution < 1.29 is 9.47 Å². The van der Waals surface area contributed by atoms with E-state index in [-0.39, 0.29) is 5.60 Å². The van der Waals surface area contributed by atoms with E-state index >= 15 is 0 Å². The first-order valence-electron chi connectivity index (χ1n) is 8.18. The molecule has 1 saturated heterocycles. The molecule has 1 aliphatic rings. The van der Waals surface area contributed by atoms with E-state index in [4.69, 9.17) is 9.47 Å². The largest absolute Gasteiger partial charge is 0.497 e. The van der Waals surface area contributed by atoms with E-state index in [1.54, 1.807) is 7.11 Å². The highest BCUT2D eigenvalue weighted by atomic mass is 16.5. The number of ether oxygens (including phenoxy) is 2. The summed E-state index contributed by atoms with van der Waals surface area (Å²) in [7, 11) is 1.71. The summed E-state index contributed by atoms with van der Waals surface area (Å²) < 4.78 is 11.3. The summed E-state index contributed by atoms with van der Waals surface area (Å²) in [5.41, 5.74) is 1.35. The third kappa shape index (κ3) is 4.45. The maximum absolute atomic E-state index is 6.12. The molecule has 2 unspecified atom stereocenters. The summed E-state index contributed by atoms with van der Waals surface area (Å²) in [5, 5.41) is 3.64. The number of nitrogens with one attached hydrogen (secondary N) is 1. The van der Waals surface area contributed by atoms with Crippen molar-refractivity contribution in [2.45, 2.75) is 57.6 Å². The monoisotopic (exact) mass is 291 g/mol. The fourth-order valence-electron chi connectivity index (χ4n) is 3.20. The highest BCUT2D eigenvalue weighted by Gasteiger charge is 2.35. The maximum atomic E-state index is 6.12. The van der Waals surface area contributed by atoms with E-state index < -0.39 is 0 Å². The van der Waals surface area contributed by atoms with E-state index in [0.717, 1.165) is 38.2 Å². The van der Waals surface area contributed by atoms with Crippen LogP contribution in [0, 0.1) is 0 Å². The van der Waals surface area contributed by atoms with Gasteiger partial charge in [0, 0.05) is 12.6 Å². The smallest absolute Gasteiger partial charge is 0.118 e. The van der Waals surface area contributed by atoms with Crippen LogP contribution in [0.1, 0.15) is 45.1 Å². The summed E-state index contributed by atoms with van der Waals surface area (Å²) in [6.07, 6.45) is 5.82. The van der Waals surface area contributed by atoms with Crippen molar-refractivity contribution in [1.82, 2.24) is 5.32 Å². The Balaban J connectivity index is 1.95. The van der Waals surface area contributed by atoms with E-state index in [1.165, 1.54) is 18.4 Å². The first kappa shape index (κ1) is 16.3. The van der Waals surface area contributed by atoms with Crippen molar-refractivity contribution in [3.05, 3.63) is 29.8 Å².